The number of hydrogen-bond donors (Lipinski definition) is 3. The maximum atomic E-state index is 12.9. The molecule has 192 valence electrons. The molecule has 9 heteroatoms. The van der Waals surface area contributed by atoms with Gasteiger partial charge in [-0.15, -0.1) is 0 Å². The molecule has 0 saturated carbocycles. The van der Waals surface area contributed by atoms with Gasteiger partial charge in [-0.2, -0.15) is 0 Å². The van der Waals surface area contributed by atoms with Gasteiger partial charge in [0, 0.05) is 24.7 Å². The highest BCUT2D eigenvalue weighted by Gasteiger charge is 2.34. The number of phenolic OH excluding ortho intramolecular Hbond substituents is 2. The maximum Gasteiger partial charge on any atom is 0.410 e. The zero-order valence-electron chi connectivity index (χ0n) is 20.6. The number of amides is 2. The lowest BCUT2D eigenvalue weighted by molar-refractivity contribution is -0.144. The second-order valence-corrected chi connectivity index (χ2v) is 9.60. The van der Waals surface area contributed by atoms with Gasteiger partial charge in [-0.05, 0) is 81.7 Å². The summed E-state index contributed by atoms with van der Waals surface area (Å²) < 4.78 is 11.2. The highest BCUT2D eigenvalue weighted by molar-refractivity contribution is 5.94. The van der Waals surface area contributed by atoms with Crippen molar-refractivity contribution < 1.29 is 34.1 Å². The number of aromatic hydroxyl groups is 2. The Morgan fingerprint density at radius 2 is 1.61 bits per heavy atom. The lowest BCUT2D eigenvalue weighted by Gasteiger charge is -2.30. The highest BCUT2D eigenvalue weighted by atomic mass is 16.6. The summed E-state index contributed by atoms with van der Waals surface area (Å²) in [5, 5.41) is 21.8. The number of carbonyl (C=O) groups is 3. The van der Waals surface area contributed by atoms with E-state index in [4.69, 9.17) is 9.47 Å². The van der Waals surface area contributed by atoms with Crippen molar-refractivity contribution in [1.29, 1.82) is 0 Å². The van der Waals surface area contributed by atoms with E-state index in [-0.39, 0.29) is 18.0 Å². The van der Waals surface area contributed by atoms with Crippen LogP contribution in [0, 0.1) is 0 Å². The molecule has 0 bridgehead atoms. The molecule has 2 atom stereocenters. The van der Waals surface area contributed by atoms with Crippen LogP contribution in [0.2, 0.25) is 0 Å². The van der Waals surface area contributed by atoms with E-state index in [0.717, 1.165) is 0 Å². The Hall–Kier alpha value is -4.01. The standard InChI is InChI=1S/C27H32N2O7/c1-27(2,3)36-26(34)29-16-4-5-23(35-24(32)15-8-18-6-11-20(30)12-7-18)22(17-29)28-25(33)19-9-13-21(31)14-10-19/h6-15,22-23,30-31H,4-5,16-17H2,1-3H3,(H,28,33)/b15-8+/t22-,23-/m1/s1. The SMILES string of the molecule is CC(C)(C)OC(=O)N1CCC[C@@H](OC(=O)/C=C/c2ccc(O)cc2)[C@H](NC(=O)c2ccc(O)cc2)C1. The van der Waals surface area contributed by atoms with E-state index in [1.807, 2.05) is 0 Å². The first-order valence-electron chi connectivity index (χ1n) is 11.8. The predicted molar refractivity (Wildman–Crippen MR) is 133 cm³/mol. The molecule has 0 radical (unpaired) electrons. The summed E-state index contributed by atoms with van der Waals surface area (Å²) in [6, 6.07) is 11.4. The topological polar surface area (TPSA) is 125 Å². The minimum absolute atomic E-state index is 0.0318. The molecule has 9 nitrogen and oxygen atoms in total. The smallest absolute Gasteiger partial charge is 0.410 e. The van der Waals surface area contributed by atoms with Crippen LogP contribution in [0.3, 0.4) is 0 Å². The Morgan fingerprint density at radius 3 is 2.22 bits per heavy atom. The fraction of sp³-hybridized carbons (Fsp3) is 0.370. The minimum Gasteiger partial charge on any atom is -0.508 e. The number of likely N-dealkylation sites (tertiary alicyclic amines) is 1. The van der Waals surface area contributed by atoms with Crippen LogP contribution >= 0.6 is 0 Å². The van der Waals surface area contributed by atoms with Crippen molar-refractivity contribution in [2.75, 3.05) is 13.1 Å². The van der Waals surface area contributed by atoms with E-state index in [1.54, 1.807) is 39.0 Å². The molecule has 0 unspecified atom stereocenters. The molecular weight excluding hydrogens is 464 g/mol. The molecule has 0 spiro atoms. The molecule has 3 rings (SSSR count). The zero-order valence-corrected chi connectivity index (χ0v) is 20.6. The van der Waals surface area contributed by atoms with Gasteiger partial charge < -0.3 is 29.9 Å². The van der Waals surface area contributed by atoms with Crippen molar-refractivity contribution in [2.24, 2.45) is 0 Å². The Labute approximate surface area is 210 Å². The van der Waals surface area contributed by atoms with Gasteiger partial charge in [-0.1, -0.05) is 12.1 Å². The van der Waals surface area contributed by atoms with Crippen molar-refractivity contribution >= 4 is 24.0 Å². The molecule has 1 saturated heterocycles. The molecule has 0 aliphatic carbocycles. The van der Waals surface area contributed by atoms with E-state index >= 15 is 0 Å². The van der Waals surface area contributed by atoms with Gasteiger partial charge in [0.2, 0.25) is 0 Å². The molecule has 1 aliphatic rings. The van der Waals surface area contributed by atoms with Crippen molar-refractivity contribution in [1.82, 2.24) is 10.2 Å². The number of esters is 1. The molecule has 36 heavy (non-hydrogen) atoms. The van der Waals surface area contributed by atoms with Crippen LogP contribution in [0.4, 0.5) is 4.79 Å². The molecular formula is C27H32N2O7. The van der Waals surface area contributed by atoms with Crippen LogP contribution in [-0.4, -0.2) is 63.9 Å². The predicted octanol–water partition coefficient (Wildman–Crippen LogP) is 3.85. The van der Waals surface area contributed by atoms with Gasteiger partial charge in [0.1, 0.15) is 23.2 Å². The van der Waals surface area contributed by atoms with Crippen LogP contribution in [0.1, 0.15) is 49.5 Å². The lowest BCUT2D eigenvalue weighted by atomic mass is 10.1. The average molecular weight is 497 g/mol. The summed E-state index contributed by atoms with van der Waals surface area (Å²) in [7, 11) is 0. The van der Waals surface area contributed by atoms with Gasteiger partial charge >= 0.3 is 12.1 Å². The number of nitrogens with one attached hydrogen (secondary N) is 1. The van der Waals surface area contributed by atoms with Crippen LogP contribution in [0.25, 0.3) is 6.08 Å². The summed E-state index contributed by atoms with van der Waals surface area (Å²) in [6.07, 6.45) is 2.63. The Morgan fingerprint density at radius 1 is 1.00 bits per heavy atom. The van der Waals surface area contributed by atoms with Gasteiger partial charge in [0.25, 0.3) is 5.91 Å². The minimum atomic E-state index is -0.688. The number of nitrogens with zero attached hydrogens (tertiary/aromatic N) is 1. The average Bonchev–Trinajstić information content (AvgIpc) is 3.00. The summed E-state index contributed by atoms with van der Waals surface area (Å²) in [4.78, 5) is 39.8. The van der Waals surface area contributed by atoms with E-state index in [0.29, 0.717) is 30.5 Å². The number of rotatable bonds is 5. The molecule has 3 N–H and O–H groups in total. The fourth-order valence-corrected chi connectivity index (χ4v) is 3.71. The summed E-state index contributed by atoms with van der Waals surface area (Å²) in [5.74, 6) is -0.867. The van der Waals surface area contributed by atoms with E-state index in [9.17, 15) is 24.6 Å². The first kappa shape index (κ1) is 26.6. The van der Waals surface area contributed by atoms with Gasteiger partial charge in [-0.25, -0.2) is 9.59 Å². The second kappa shape index (κ2) is 11.6. The zero-order chi connectivity index (χ0) is 26.3. The third kappa shape index (κ3) is 8.04. The Kier molecular flexibility index (Phi) is 8.58. The van der Waals surface area contributed by atoms with Crippen LogP contribution in [0.15, 0.2) is 54.6 Å². The lowest BCUT2D eigenvalue weighted by Crippen LogP contribution is -2.51. The van der Waals surface area contributed by atoms with E-state index < -0.39 is 35.7 Å². The molecule has 1 heterocycles. The van der Waals surface area contributed by atoms with Crippen molar-refractivity contribution in [3.8, 4) is 11.5 Å². The third-order valence-electron chi connectivity index (χ3n) is 5.45. The van der Waals surface area contributed by atoms with Gasteiger partial charge in [0.15, 0.2) is 0 Å². The number of hydrogen-bond acceptors (Lipinski definition) is 7. The Balaban J connectivity index is 1.76. The van der Waals surface area contributed by atoms with Gasteiger partial charge in [-0.3, -0.25) is 4.79 Å². The molecule has 1 fully saturated rings. The highest BCUT2D eigenvalue weighted by Crippen LogP contribution is 2.20. The third-order valence-corrected chi connectivity index (χ3v) is 5.45. The van der Waals surface area contributed by atoms with Crippen LogP contribution in [-0.2, 0) is 14.3 Å². The fourth-order valence-electron chi connectivity index (χ4n) is 3.71. The van der Waals surface area contributed by atoms with E-state index in [2.05, 4.69) is 5.32 Å². The first-order valence-corrected chi connectivity index (χ1v) is 11.8. The van der Waals surface area contributed by atoms with Crippen molar-refractivity contribution in [3.63, 3.8) is 0 Å². The summed E-state index contributed by atoms with van der Waals surface area (Å²) in [6.45, 7) is 5.81. The molecule has 0 aromatic heterocycles. The number of ether oxygens (including phenoxy) is 2. The molecule has 2 aromatic rings. The Bertz CT molecular complexity index is 1090. The molecule has 2 aromatic carbocycles. The van der Waals surface area contributed by atoms with E-state index in [1.165, 1.54) is 47.4 Å². The number of phenols is 2. The summed E-state index contributed by atoms with van der Waals surface area (Å²) >= 11 is 0. The summed E-state index contributed by atoms with van der Waals surface area (Å²) in [5.41, 5.74) is 0.344. The van der Waals surface area contributed by atoms with Crippen LogP contribution < -0.4 is 5.32 Å². The quantitative estimate of drug-likeness (QED) is 0.424. The van der Waals surface area contributed by atoms with Crippen LogP contribution in [0.5, 0.6) is 11.5 Å². The van der Waals surface area contributed by atoms with Crippen molar-refractivity contribution in [3.05, 3.63) is 65.7 Å². The first-order chi connectivity index (χ1) is 17.0. The largest absolute Gasteiger partial charge is 0.508 e. The van der Waals surface area contributed by atoms with Crippen molar-refractivity contribution in [2.45, 2.75) is 51.4 Å². The normalized spacial score (nSPS) is 18.4. The monoisotopic (exact) mass is 496 g/mol. The molecule has 2 amide bonds. The second-order valence-electron chi connectivity index (χ2n) is 9.60. The maximum absolute atomic E-state index is 12.9. The number of carbonyl (C=O) groups excluding carboxylic acids is 3. The number of benzene rings is 2. The molecule has 1 aliphatic heterocycles. The van der Waals surface area contributed by atoms with Gasteiger partial charge in [0.05, 0.1) is 6.04 Å².